The van der Waals surface area contributed by atoms with Gasteiger partial charge in [0.05, 0.1) is 0 Å². The minimum absolute atomic E-state index is 0.634. The van der Waals surface area contributed by atoms with Crippen molar-refractivity contribution in [3.05, 3.63) is 0 Å². The SMILES string of the molecule is CCCC=O.CNC(C)C. The Kier molecular flexibility index (Phi) is 14.1. The molecule has 10 heavy (non-hydrogen) atoms. The van der Waals surface area contributed by atoms with E-state index >= 15 is 0 Å². The van der Waals surface area contributed by atoms with Gasteiger partial charge in [0.15, 0.2) is 0 Å². The van der Waals surface area contributed by atoms with E-state index in [1.807, 2.05) is 14.0 Å². The lowest BCUT2D eigenvalue weighted by Gasteiger charge is -1.95. The van der Waals surface area contributed by atoms with E-state index in [0.717, 1.165) is 12.7 Å². The van der Waals surface area contributed by atoms with Gasteiger partial charge >= 0.3 is 0 Å². The molecule has 1 N–H and O–H groups in total. The third-order valence-corrected chi connectivity index (χ3v) is 0.984. The lowest BCUT2D eigenvalue weighted by molar-refractivity contribution is -0.107. The Hall–Kier alpha value is -0.370. The molecule has 62 valence electrons. The van der Waals surface area contributed by atoms with Crippen molar-refractivity contribution in [1.82, 2.24) is 5.32 Å². The molecule has 0 aliphatic rings. The van der Waals surface area contributed by atoms with Crippen LogP contribution in [0.3, 0.4) is 0 Å². The van der Waals surface area contributed by atoms with E-state index in [9.17, 15) is 4.79 Å². The Morgan fingerprint density at radius 2 is 1.90 bits per heavy atom. The number of rotatable bonds is 3. The molecule has 2 nitrogen and oxygen atoms in total. The van der Waals surface area contributed by atoms with Crippen LogP contribution in [0.2, 0.25) is 0 Å². The maximum Gasteiger partial charge on any atom is 0.119 e. The molecule has 0 aromatic rings. The van der Waals surface area contributed by atoms with Crippen LogP contribution < -0.4 is 5.32 Å². The van der Waals surface area contributed by atoms with Crippen LogP contribution in [0.15, 0.2) is 0 Å². The third kappa shape index (κ3) is 25.5. The molecule has 0 rings (SSSR count). The molecule has 0 amide bonds. The van der Waals surface area contributed by atoms with Gasteiger partial charge in [0.25, 0.3) is 0 Å². The van der Waals surface area contributed by atoms with Gasteiger partial charge < -0.3 is 10.1 Å². The summed E-state index contributed by atoms with van der Waals surface area (Å²) in [4.78, 5) is 9.40. The van der Waals surface area contributed by atoms with E-state index < -0.39 is 0 Å². The molecular weight excluding hydrogens is 126 g/mol. The van der Waals surface area contributed by atoms with E-state index in [2.05, 4.69) is 19.2 Å². The predicted octanol–water partition coefficient (Wildman–Crippen LogP) is 1.60. The van der Waals surface area contributed by atoms with Gasteiger partial charge in [-0.15, -0.1) is 0 Å². The Morgan fingerprint density at radius 1 is 1.50 bits per heavy atom. The summed E-state index contributed by atoms with van der Waals surface area (Å²) in [5.74, 6) is 0. The fourth-order valence-corrected chi connectivity index (χ4v) is 0.118. The molecule has 0 fully saturated rings. The van der Waals surface area contributed by atoms with Crippen molar-refractivity contribution in [1.29, 1.82) is 0 Å². The van der Waals surface area contributed by atoms with E-state index in [0.29, 0.717) is 12.5 Å². The maximum absolute atomic E-state index is 9.40. The minimum atomic E-state index is 0.634. The molecule has 0 aliphatic heterocycles. The smallest absolute Gasteiger partial charge is 0.119 e. The van der Waals surface area contributed by atoms with E-state index in [4.69, 9.17) is 0 Å². The summed E-state index contributed by atoms with van der Waals surface area (Å²) in [6.07, 6.45) is 2.61. The highest BCUT2D eigenvalue weighted by Crippen LogP contribution is 1.74. The monoisotopic (exact) mass is 145 g/mol. The van der Waals surface area contributed by atoms with Gasteiger partial charge in [-0.3, -0.25) is 0 Å². The average Bonchev–Trinajstić information content (AvgIpc) is 1.91. The van der Waals surface area contributed by atoms with Crippen molar-refractivity contribution in [2.24, 2.45) is 0 Å². The van der Waals surface area contributed by atoms with Gasteiger partial charge in [0, 0.05) is 12.5 Å². The fourth-order valence-electron chi connectivity index (χ4n) is 0.118. The second kappa shape index (κ2) is 11.4. The van der Waals surface area contributed by atoms with Crippen LogP contribution in [-0.2, 0) is 4.79 Å². The van der Waals surface area contributed by atoms with Crippen molar-refractivity contribution in [2.75, 3.05) is 7.05 Å². The molecular formula is C8H19NO. The van der Waals surface area contributed by atoms with Gasteiger partial charge in [-0.05, 0) is 13.5 Å². The van der Waals surface area contributed by atoms with Gasteiger partial charge in [0.2, 0.25) is 0 Å². The molecule has 0 heterocycles. The van der Waals surface area contributed by atoms with Crippen LogP contribution in [-0.4, -0.2) is 19.4 Å². The summed E-state index contributed by atoms with van der Waals surface area (Å²) in [6, 6.07) is 0.634. The van der Waals surface area contributed by atoms with Crippen LogP contribution in [0.5, 0.6) is 0 Å². The first-order valence-corrected chi connectivity index (χ1v) is 3.79. The normalized spacial score (nSPS) is 8.50. The van der Waals surface area contributed by atoms with Crippen molar-refractivity contribution in [2.45, 2.75) is 39.7 Å². The van der Waals surface area contributed by atoms with Crippen LogP contribution in [0, 0.1) is 0 Å². The number of aldehydes is 1. The van der Waals surface area contributed by atoms with Crippen molar-refractivity contribution in [3.8, 4) is 0 Å². The van der Waals surface area contributed by atoms with E-state index in [1.165, 1.54) is 0 Å². The first-order chi connectivity index (χ1) is 4.68. The molecule has 0 atom stereocenters. The molecule has 0 aromatic carbocycles. The second-order valence-corrected chi connectivity index (χ2v) is 2.40. The summed E-state index contributed by atoms with van der Waals surface area (Å²) < 4.78 is 0. The van der Waals surface area contributed by atoms with Crippen LogP contribution in [0.4, 0.5) is 0 Å². The number of hydrogen-bond donors (Lipinski definition) is 1. The molecule has 0 aromatic heterocycles. The molecule has 0 bridgehead atoms. The van der Waals surface area contributed by atoms with Crippen LogP contribution in [0.1, 0.15) is 33.6 Å². The Balaban J connectivity index is 0. The average molecular weight is 145 g/mol. The van der Waals surface area contributed by atoms with E-state index in [1.54, 1.807) is 0 Å². The highest BCUT2D eigenvalue weighted by atomic mass is 16.1. The quantitative estimate of drug-likeness (QED) is 0.611. The highest BCUT2D eigenvalue weighted by molar-refractivity contribution is 5.48. The molecule has 0 unspecified atom stereocenters. The number of unbranched alkanes of at least 4 members (excludes halogenated alkanes) is 1. The Bertz CT molecular complexity index is 62.3. The van der Waals surface area contributed by atoms with Crippen molar-refractivity contribution in [3.63, 3.8) is 0 Å². The Morgan fingerprint density at radius 3 is 1.90 bits per heavy atom. The summed E-state index contributed by atoms with van der Waals surface area (Å²) >= 11 is 0. The van der Waals surface area contributed by atoms with Gasteiger partial charge in [0.1, 0.15) is 6.29 Å². The molecule has 2 heteroatoms. The minimum Gasteiger partial charge on any atom is -0.318 e. The fraction of sp³-hybridized carbons (Fsp3) is 0.875. The number of carbonyl (C=O) groups excluding carboxylic acids is 1. The molecule has 0 saturated carbocycles. The summed E-state index contributed by atoms with van der Waals surface area (Å²) in [5, 5.41) is 3.03. The maximum atomic E-state index is 9.40. The zero-order chi connectivity index (χ0) is 8.41. The lowest BCUT2D eigenvalue weighted by Crippen LogP contribution is -2.15. The largest absolute Gasteiger partial charge is 0.318 e. The molecule has 0 spiro atoms. The second-order valence-electron chi connectivity index (χ2n) is 2.40. The first-order valence-electron chi connectivity index (χ1n) is 3.79. The number of hydrogen-bond acceptors (Lipinski definition) is 2. The third-order valence-electron chi connectivity index (χ3n) is 0.984. The van der Waals surface area contributed by atoms with Crippen molar-refractivity contribution < 1.29 is 4.79 Å². The Labute approximate surface area is 64.0 Å². The zero-order valence-corrected chi connectivity index (χ0v) is 7.48. The zero-order valence-electron chi connectivity index (χ0n) is 7.48. The molecule has 0 radical (unpaired) electrons. The summed E-state index contributed by atoms with van der Waals surface area (Å²) in [5.41, 5.74) is 0. The first kappa shape index (κ1) is 12.3. The van der Waals surface area contributed by atoms with Crippen LogP contribution >= 0.6 is 0 Å². The molecule has 0 aliphatic carbocycles. The molecule has 0 saturated heterocycles. The van der Waals surface area contributed by atoms with Gasteiger partial charge in [-0.2, -0.15) is 0 Å². The predicted molar refractivity (Wildman–Crippen MR) is 45.2 cm³/mol. The van der Waals surface area contributed by atoms with E-state index in [-0.39, 0.29) is 0 Å². The van der Waals surface area contributed by atoms with Crippen LogP contribution in [0.25, 0.3) is 0 Å². The standard InChI is InChI=1S/C4H11N.C4H8O/c1-4(2)5-3;1-2-3-4-5/h4-5H,1-3H3;4H,2-3H2,1H3. The van der Waals surface area contributed by atoms with Crippen molar-refractivity contribution >= 4 is 6.29 Å². The highest BCUT2D eigenvalue weighted by Gasteiger charge is 1.76. The number of nitrogens with one attached hydrogen (secondary N) is 1. The topological polar surface area (TPSA) is 29.1 Å². The lowest BCUT2D eigenvalue weighted by atomic mass is 10.4. The summed E-state index contributed by atoms with van der Waals surface area (Å²) in [6.45, 7) is 6.20. The summed E-state index contributed by atoms with van der Waals surface area (Å²) in [7, 11) is 1.95. The number of carbonyl (C=O) groups is 1. The van der Waals surface area contributed by atoms with Gasteiger partial charge in [-0.25, -0.2) is 0 Å². The van der Waals surface area contributed by atoms with Gasteiger partial charge in [-0.1, -0.05) is 20.8 Å².